The van der Waals surface area contributed by atoms with Crippen LogP contribution in [0.25, 0.3) is 0 Å². The van der Waals surface area contributed by atoms with Gasteiger partial charge in [-0.05, 0) is 29.8 Å². The molecule has 3 atom stereocenters. The number of non-ortho nitro benzene ring substituents is 1. The summed E-state index contributed by atoms with van der Waals surface area (Å²) in [6.07, 6.45) is 0.437. The van der Waals surface area contributed by atoms with Gasteiger partial charge in [0.1, 0.15) is 36.6 Å². The number of β-lactam (4-membered cyclic amide) rings is 1. The van der Waals surface area contributed by atoms with Crippen molar-refractivity contribution >= 4 is 53.2 Å². The number of carbonyl (C=O) groups excluding carboxylic acids is 4. The molecule has 0 aliphatic carbocycles. The van der Waals surface area contributed by atoms with Crippen molar-refractivity contribution in [3.63, 3.8) is 0 Å². The van der Waals surface area contributed by atoms with Crippen molar-refractivity contribution in [1.82, 2.24) is 15.2 Å². The molecule has 16 heteroatoms. The van der Waals surface area contributed by atoms with E-state index in [1.54, 1.807) is 6.07 Å². The maximum Gasteiger partial charge on any atom is 0.341 e. The number of fused-ring (bicyclic) bond motifs is 1. The molecule has 1 aromatic heterocycles. The summed E-state index contributed by atoms with van der Waals surface area (Å²) in [7, 11) is 2.59. The lowest BCUT2D eigenvalue weighted by Gasteiger charge is -2.53. The number of methoxy groups -OCH3 is 1. The Balaban J connectivity index is 1.39. The third-order valence-electron chi connectivity index (χ3n) is 6.22. The molecule has 2 aliphatic rings. The van der Waals surface area contributed by atoms with Gasteiger partial charge in [0.2, 0.25) is 12.3 Å². The number of hydrogen-bond donors (Lipinski definition) is 2. The summed E-state index contributed by atoms with van der Waals surface area (Å²) in [5.41, 5.74) is -1.07. The first-order valence-electron chi connectivity index (χ1n) is 11.7. The zero-order valence-electron chi connectivity index (χ0n) is 21.3. The van der Waals surface area contributed by atoms with Gasteiger partial charge in [-0.3, -0.25) is 24.5 Å². The van der Waals surface area contributed by atoms with Crippen molar-refractivity contribution in [3.05, 3.63) is 63.8 Å². The van der Waals surface area contributed by atoms with Gasteiger partial charge in [-0.1, -0.05) is 11.2 Å². The van der Waals surface area contributed by atoms with Crippen molar-refractivity contribution < 1.29 is 38.4 Å². The van der Waals surface area contributed by atoms with Crippen LogP contribution >= 0.6 is 11.8 Å². The molecule has 2 fully saturated rings. The first-order valence-corrected chi connectivity index (χ1v) is 12.8. The number of oxime groups is 1. The van der Waals surface area contributed by atoms with E-state index < -0.39 is 39.7 Å². The van der Waals surface area contributed by atoms with Crippen LogP contribution in [0.4, 0.5) is 11.5 Å². The SMILES string of the molecule is CON=C(C(=O)NC1C(=O)N2CC(OC)(C(=O)OCc3ccc([N+](=O)[O-])cc3)CS[C@H]12)c1cccc(NC=O)n1. The molecular weight excluding hydrogens is 548 g/mol. The highest BCUT2D eigenvalue weighted by molar-refractivity contribution is 8.00. The van der Waals surface area contributed by atoms with Crippen LogP contribution in [0.2, 0.25) is 0 Å². The maximum atomic E-state index is 13.0. The standard InChI is InChI=1S/C24H24N6O9S/c1-37-24(23(34)39-10-14-6-8-15(9-7-14)30(35)36)11-29-21(33)19(22(29)40-12-24)27-20(32)18(28-38-2)16-4-3-5-17(26-16)25-13-31/h3-9,13,19,22H,10-12H2,1-2H3,(H,27,32)(H,25,26,31)/t19?,22-,24?/m1/s1. The molecule has 210 valence electrons. The van der Waals surface area contributed by atoms with E-state index in [0.29, 0.717) is 12.0 Å². The summed E-state index contributed by atoms with van der Waals surface area (Å²) in [4.78, 5) is 70.4. The molecule has 40 heavy (non-hydrogen) atoms. The van der Waals surface area contributed by atoms with E-state index in [1.165, 1.54) is 67.3 Å². The normalized spacial score (nSPS) is 21.9. The van der Waals surface area contributed by atoms with Crippen LogP contribution in [0.3, 0.4) is 0 Å². The number of nitrogens with zero attached hydrogens (tertiary/aromatic N) is 4. The fourth-order valence-electron chi connectivity index (χ4n) is 4.09. The predicted molar refractivity (Wildman–Crippen MR) is 140 cm³/mol. The van der Waals surface area contributed by atoms with E-state index in [-0.39, 0.29) is 41.8 Å². The number of benzene rings is 1. The smallest absolute Gasteiger partial charge is 0.341 e. The van der Waals surface area contributed by atoms with Gasteiger partial charge in [0.15, 0.2) is 11.3 Å². The fourth-order valence-corrected chi connectivity index (χ4v) is 5.59. The van der Waals surface area contributed by atoms with Gasteiger partial charge >= 0.3 is 5.97 Å². The van der Waals surface area contributed by atoms with Gasteiger partial charge in [0.25, 0.3) is 11.6 Å². The van der Waals surface area contributed by atoms with E-state index >= 15 is 0 Å². The Labute approximate surface area is 231 Å². The lowest BCUT2D eigenvalue weighted by molar-refractivity contribution is -0.384. The Bertz CT molecular complexity index is 1350. The molecule has 3 heterocycles. The fraction of sp³-hybridized carbons (Fsp3) is 0.333. The summed E-state index contributed by atoms with van der Waals surface area (Å²) in [6.45, 7) is -0.229. The average molecular weight is 573 g/mol. The highest BCUT2D eigenvalue weighted by atomic mass is 32.2. The molecule has 2 saturated heterocycles. The summed E-state index contributed by atoms with van der Waals surface area (Å²) in [5.74, 6) is -1.51. The number of carbonyl (C=O) groups is 4. The van der Waals surface area contributed by atoms with Gasteiger partial charge in [-0.15, -0.1) is 11.8 Å². The Hall–Kier alpha value is -4.57. The van der Waals surface area contributed by atoms with Crippen LogP contribution in [-0.2, 0) is 40.1 Å². The molecular formula is C24H24N6O9S. The van der Waals surface area contributed by atoms with Crippen LogP contribution in [0.5, 0.6) is 0 Å². The number of ether oxygens (including phenoxy) is 2. The molecule has 2 N–H and O–H groups in total. The number of esters is 1. The molecule has 15 nitrogen and oxygen atoms in total. The van der Waals surface area contributed by atoms with Gasteiger partial charge in [0, 0.05) is 25.0 Å². The Morgan fingerprint density at radius 2 is 2.02 bits per heavy atom. The van der Waals surface area contributed by atoms with Crippen LogP contribution in [0.15, 0.2) is 47.6 Å². The summed E-state index contributed by atoms with van der Waals surface area (Å²) in [5, 5.41) is 19.1. The van der Waals surface area contributed by atoms with Crippen LogP contribution in [-0.4, -0.2) is 88.2 Å². The van der Waals surface area contributed by atoms with Crippen LogP contribution < -0.4 is 10.6 Å². The molecule has 0 saturated carbocycles. The number of rotatable bonds is 11. The lowest BCUT2D eigenvalue weighted by Crippen LogP contribution is -2.75. The molecule has 2 aliphatic heterocycles. The highest BCUT2D eigenvalue weighted by Crippen LogP contribution is 2.40. The minimum absolute atomic E-state index is 0.0867. The van der Waals surface area contributed by atoms with E-state index in [1.807, 2.05) is 0 Å². The van der Waals surface area contributed by atoms with Gasteiger partial charge in [-0.2, -0.15) is 0 Å². The Morgan fingerprint density at radius 3 is 2.67 bits per heavy atom. The second-order valence-corrected chi connectivity index (χ2v) is 9.71. The number of hydrogen-bond acceptors (Lipinski definition) is 12. The molecule has 2 aromatic rings. The predicted octanol–water partition coefficient (Wildman–Crippen LogP) is 0.437. The van der Waals surface area contributed by atoms with E-state index in [4.69, 9.17) is 14.3 Å². The zero-order valence-corrected chi connectivity index (χ0v) is 22.1. The topological polar surface area (TPSA) is 192 Å². The first kappa shape index (κ1) is 28.4. The maximum absolute atomic E-state index is 13.0. The lowest BCUT2D eigenvalue weighted by atomic mass is 9.99. The van der Waals surface area contributed by atoms with Gasteiger partial charge in [-0.25, -0.2) is 9.78 Å². The second kappa shape index (κ2) is 12.1. The van der Waals surface area contributed by atoms with Crippen molar-refractivity contribution in [3.8, 4) is 0 Å². The number of thioether (sulfide) groups is 1. The third kappa shape index (κ3) is 5.72. The molecule has 0 spiro atoms. The third-order valence-corrected chi connectivity index (χ3v) is 7.72. The number of nitro groups is 1. The first-order chi connectivity index (χ1) is 19.2. The van der Waals surface area contributed by atoms with Crippen LogP contribution in [0, 0.1) is 10.1 Å². The van der Waals surface area contributed by atoms with Gasteiger partial charge in [0.05, 0.1) is 11.5 Å². The molecule has 3 amide bonds. The van der Waals surface area contributed by atoms with Gasteiger partial charge < -0.3 is 29.8 Å². The molecule has 0 radical (unpaired) electrons. The average Bonchev–Trinajstić information content (AvgIpc) is 2.97. The minimum Gasteiger partial charge on any atom is -0.459 e. The second-order valence-electron chi connectivity index (χ2n) is 8.61. The zero-order chi connectivity index (χ0) is 28.9. The molecule has 2 unspecified atom stereocenters. The number of anilines is 1. The van der Waals surface area contributed by atoms with Crippen molar-refractivity contribution in [2.75, 3.05) is 31.8 Å². The molecule has 0 bridgehead atoms. The minimum atomic E-state index is -1.44. The largest absolute Gasteiger partial charge is 0.459 e. The van der Waals surface area contributed by atoms with Crippen LogP contribution in [0.1, 0.15) is 11.3 Å². The molecule has 1 aromatic carbocycles. The van der Waals surface area contributed by atoms with E-state index in [0.717, 1.165) is 0 Å². The number of nitro benzene ring substituents is 1. The quantitative estimate of drug-likeness (QED) is 0.0948. The highest BCUT2D eigenvalue weighted by Gasteiger charge is 2.58. The number of amides is 3. The number of pyridine rings is 1. The van der Waals surface area contributed by atoms with E-state index in [9.17, 15) is 29.3 Å². The van der Waals surface area contributed by atoms with Crippen molar-refractivity contribution in [2.24, 2.45) is 5.16 Å². The number of aromatic nitrogens is 1. The number of nitrogens with one attached hydrogen (secondary N) is 2. The monoisotopic (exact) mass is 572 g/mol. The van der Waals surface area contributed by atoms with Crippen molar-refractivity contribution in [2.45, 2.75) is 23.6 Å². The molecule has 4 rings (SSSR count). The van der Waals surface area contributed by atoms with E-state index in [2.05, 4.69) is 20.8 Å². The van der Waals surface area contributed by atoms with Crippen molar-refractivity contribution in [1.29, 1.82) is 0 Å². The summed E-state index contributed by atoms with van der Waals surface area (Å²) in [6, 6.07) is 9.25. The Kier molecular flexibility index (Phi) is 8.59. The Morgan fingerprint density at radius 1 is 1.27 bits per heavy atom. The summed E-state index contributed by atoms with van der Waals surface area (Å²) >= 11 is 1.24. The summed E-state index contributed by atoms with van der Waals surface area (Å²) < 4.78 is 10.9.